The standard InChI is InChI=1S/C12H13BrN2O4/c1-16-7-5-9(18-3)8(17-2)4-6(7)11-10(13)12(14)15-19-11/h4-5H,1-3H3,(H2,14,15). The number of nitrogens with zero attached hydrogens (tertiary/aromatic N) is 1. The molecule has 1 aromatic carbocycles. The molecule has 102 valence electrons. The molecular weight excluding hydrogens is 316 g/mol. The van der Waals surface area contributed by atoms with Gasteiger partial charge in [0, 0.05) is 6.07 Å². The van der Waals surface area contributed by atoms with Gasteiger partial charge in [0.1, 0.15) is 10.2 Å². The maximum atomic E-state index is 5.65. The third kappa shape index (κ3) is 2.33. The molecule has 1 aromatic heterocycles. The normalized spacial score (nSPS) is 10.3. The summed E-state index contributed by atoms with van der Waals surface area (Å²) < 4.78 is 21.6. The Morgan fingerprint density at radius 1 is 1.05 bits per heavy atom. The van der Waals surface area contributed by atoms with Crippen molar-refractivity contribution in [2.24, 2.45) is 0 Å². The zero-order valence-corrected chi connectivity index (χ0v) is 12.3. The number of halogens is 1. The Morgan fingerprint density at radius 2 is 1.63 bits per heavy atom. The molecule has 6 nitrogen and oxygen atoms in total. The fourth-order valence-corrected chi connectivity index (χ4v) is 2.02. The summed E-state index contributed by atoms with van der Waals surface area (Å²) in [5, 5.41) is 3.69. The first-order valence-electron chi connectivity index (χ1n) is 5.33. The van der Waals surface area contributed by atoms with E-state index in [2.05, 4.69) is 21.1 Å². The molecule has 2 rings (SSSR count). The summed E-state index contributed by atoms with van der Waals surface area (Å²) in [5.74, 6) is 2.42. The van der Waals surface area contributed by atoms with E-state index in [1.807, 2.05) is 0 Å². The van der Waals surface area contributed by atoms with E-state index in [-0.39, 0.29) is 5.82 Å². The third-order valence-corrected chi connectivity index (χ3v) is 3.38. The molecule has 2 aromatic rings. The van der Waals surface area contributed by atoms with Crippen molar-refractivity contribution in [1.82, 2.24) is 5.16 Å². The second-order valence-corrected chi connectivity index (χ2v) is 4.41. The van der Waals surface area contributed by atoms with Crippen LogP contribution in [0.4, 0.5) is 5.82 Å². The van der Waals surface area contributed by atoms with Crippen LogP contribution in [0.5, 0.6) is 17.2 Å². The van der Waals surface area contributed by atoms with Crippen LogP contribution in [0.15, 0.2) is 21.1 Å². The highest BCUT2D eigenvalue weighted by Crippen LogP contribution is 2.43. The van der Waals surface area contributed by atoms with E-state index in [0.717, 1.165) is 0 Å². The lowest BCUT2D eigenvalue weighted by molar-refractivity contribution is 0.348. The Hall–Kier alpha value is -1.89. The summed E-state index contributed by atoms with van der Waals surface area (Å²) >= 11 is 3.32. The average molecular weight is 329 g/mol. The molecule has 0 bridgehead atoms. The first-order valence-corrected chi connectivity index (χ1v) is 6.12. The fourth-order valence-electron chi connectivity index (χ4n) is 1.67. The molecule has 0 amide bonds. The minimum atomic E-state index is 0.270. The number of nitrogen functional groups attached to an aromatic ring is 1. The van der Waals surface area contributed by atoms with Gasteiger partial charge in [-0.05, 0) is 22.0 Å². The minimum absolute atomic E-state index is 0.270. The molecule has 0 radical (unpaired) electrons. The molecule has 0 saturated carbocycles. The number of aromatic nitrogens is 1. The first kappa shape index (κ1) is 13.5. The van der Waals surface area contributed by atoms with Gasteiger partial charge in [0.05, 0.1) is 26.9 Å². The maximum absolute atomic E-state index is 5.65. The molecule has 0 aliphatic carbocycles. The van der Waals surface area contributed by atoms with Crippen molar-refractivity contribution in [2.45, 2.75) is 0 Å². The van der Waals surface area contributed by atoms with Gasteiger partial charge in [0.25, 0.3) is 0 Å². The van der Waals surface area contributed by atoms with Crippen molar-refractivity contribution < 1.29 is 18.7 Å². The average Bonchev–Trinajstić information content (AvgIpc) is 2.77. The lowest BCUT2D eigenvalue weighted by atomic mass is 10.1. The summed E-state index contributed by atoms with van der Waals surface area (Å²) in [6.07, 6.45) is 0. The van der Waals surface area contributed by atoms with Gasteiger partial charge in [0.15, 0.2) is 23.1 Å². The van der Waals surface area contributed by atoms with E-state index in [9.17, 15) is 0 Å². The Kier molecular flexibility index (Phi) is 3.84. The van der Waals surface area contributed by atoms with Gasteiger partial charge >= 0.3 is 0 Å². The van der Waals surface area contributed by atoms with Crippen LogP contribution >= 0.6 is 15.9 Å². The molecule has 0 fully saturated rings. The van der Waals surface area contributed by atoms with Gasteiger partial charge in [-0.2, -0.15) is 0 Å². The SMILES string of the molecule is COc1cc(OC)c(-c2onc(N)c2Br)cc1OC. The molecule has 2 N–H and O–H groups in total. The van der Waals surface area contributed by atoms with Crippen LogP contribution in [0.3, 0.4) is 0 Å². The number of rotatable bonds is 4. The quantitative estimate of drug-likeness (QED) is 0.929. The number of hydrogen-bond acceptors (Lipinski definition) is 6. The Morgan fingerprint density at radius 3 is 2.11 bits per heavy atom. The second kappa shape index (κ2) is 5.40. The minimum Gasteiger partial charge on any atom is -0.496 e. The zero-order valence-electron chi connectivity index (χ0n) is 10.7. The number of hydrogen-bond donors (Lipinski definition) is 1. The molecule has 19 heavy (non-hydrogen) atoms. The molecule has 0 spiro atoms. The molecule has 0 atom stereocenters. The number of methoxy groups -OCH3 is 3. The largest absolute Gasteiger partial charge is 0.496 e. The summed E-state index contributed by atoms with van der Waals surface area (Å²) in [7, 11) is 4.66. The Labute approximate surface area is 118 Å². The van der Waals surface area contributed by atoms with Crippen molar-refractivity contribution in [3.05, 3.63) is 16.6 Å². The van der Waals surface area contributed by atoms with Crippen molar-refractivity contribution >= 4 is 21.7 Å². The summed E-state index contributed by atoms with van der Waals surface area (Å²) in [6, 6.07) is 3.45. The maximum Gasteiger partial charge on any atom is 0.187 e. The number of nitrogens with two attached hydrogens (primary N) is 1. The van der Waals surface area contributed by atoms with Crippen LogP contribution in [0, 0.1) is 0 Å². The topological polar surface area (TPSA) is 79.7 Å². The smallest absolute Gasteiger partial charge is 0.187 e. The number of anilines is 1. The molecular formula is C12H13BrN2O4. The van der Waals surface area contributed by atoms with Gasteiger partial charge in [0.2, 0.25) is 0 Å². The van der Waals surface area contributed by atoms with Gasteiger partial charge < -0.3 is 24.5 Å². The molecule has 0 aliphatic heterocycles. The third-order valence-electron chi connectivity index (χ3n) is 2.61. The summed E-state index contributed by atoms with van der Waals surface area (Å²) in [5.41, 5.74) is 6.31. The molecule has 0 unspecified atom stereocenters. The van der Waals surface area contributed by atoms with Crippen LogP contribution in [-0.4, -0.2) is 26.5 Å². The number of ether oxygens (including phenoxy) is 3. The van der Waals surface area contributed by atoms with Crippen molar-refractivity contribution in [3.63, 3.8) is 0 Å². The Balaban J connectivity index is 2.65. The zero-order chi connectivity index (χ0) is 14.0. The lowest BCUT2D eigenvalue weighted by Gasteiger charge is -2.12. The highest BCUT2D eigenvalue weighted by molar-refractivity contribution is 9.10. The Bertz CT molecular complexity index is 598. The van der Waals surface area contributed by atoms with E-state index < -0.39 is 0 Å². The first-order chi connectivity index (χ1) is 9.12. The van der Waals surface area contributed by atoms with Crippen LogP contribution in [0.2, 0.25) is 0 Å². The van der Waals surface area contributed by atoms with E-state index in [1.165, 1.54) is 0 Å². The van der Waals surface area contributed by atoms with E-state index in [4.69, 9.17) is 24.5 Å². The molecule has 7 heteroatoms. The fraction of sp³-hybridized carbons (Fsp3) is 0.250. The van der Waals surface area contributed by atoms with Crippen LogP contribution in [-0.2, 0) is 0 Å². The second-order valence-electron chi connectivity index (χ2n) is 3.62. The highest BCUT2D eigenvalue weighted by atomic mass is 79.9. The molecule has 1 heterocycles. The molecule has 0 saturated heterocycles. The molecule has 0 aliphatic rings. The van der Waals surface area contributed by atoms with E-state index in [0.29, 0.717) is 33.0 Å². The predicted octanol–water partition coefficient (Wildman–Crippen LogP) is 2.71. The van der Waals surface area contributed by atoms with Gasteiger partial charge in [-0.1, -0.05) is 5.16 Å². The lowest BCUT2D eigenvalue weighted by Crippen LogP contribution is -1.94. The van der Waals surface area contributed by atoms with Gasteiger partial charge in [-0.25, -0.2) is 0 Å². The van der Waals surface area contributed by atoms with Crippen molar-refractivity contribution in [1.29, 1.82) is 0 Å². The predicted molar refractivity (Wildman–Crippen MR) is 73.7 cm³/mol. The van der Waals surface area contributed by atoms with E-state index >= 15 is 0 Å². The van der Waals surface area contributed by atoms with Gasteiger partial charge in [-0.15, -0.1) is 0 Å². The summed E-state index contributed by atoms with van der Waals surface area (Å²) in [6.45, 7) is 0. The van der Waals surface area contributed by atoms with Gasteiger partial charge in [-0.3, -0.25) is 0 Å². The van der Waals surface area contributed by atoms with E-state index in [1.54, 1.807) is 33.5 Å². The van der Waals surface area contributed by atoms with Crippen molar-refractivity contribution in [3.8, 4) is 28.6 Å². The van der Waals surface area contributed by atoms with Crippen molar-refractivity contribution in [2.75, 3.05) is 27.1 Å². The summed E-state index contributed by atoms with van der Waals surface area (Å²) in [4.78, 5) is 0. The highest BCUT2D eigenvalue weighted by Gasteiger charge is 2.20. The van der Waals surface area contributed by atoms with Crippen LogP contribution in [0.25, 0.3) is 11.3 Å². The van der Waals surface area contributed by atoms with Crippen LogP contribution in [0.1, 0.15) is 0 Å². The number of benzene rings is 1. The van der Waals surface area contributed by atoms with Crippen LogP contribution < -0.4 is 19.9 Å². The monoisotopic (exact) mass is 328 g/mol.